The average molecular weight is 261 g/mol. The van der Waals surface area contributed by atoms with Crippen LogP contribution in [-0.4, -0.2) is 28.5 Å². The van der Waals surface area contributed by atoms with Gasteiger partial charge in [0.25, 0.3) is 0 Å². The molecular weight excluding hydrogens is 234 g/mol. The highest BCUT2D eigenvalue weighted by atomic mass is 15.2. The van der Waals surface area contributed by atoms with Crippen molar-refractivity contribution in [3.05, 3.63) is 30.1 Å². The van der Waals surface area contributed by atoms with Crippen LogP contribution in [-0.2, 0) is 0 Å². The summed E-state index contributed by atoms with van der Waals surface area (Å²) < 4.78 is 0. The molecule has 2 rings (SSSR count). The van der Waals surface area contributed by atoms with Crippen LogP contribution in [0.2, 0.25) is 0 Å². The molecule has 1 aromatic rings. The van der Waals surface area contributed by atoms with E-state index in [2.05, 4.69) is 42.8 Å². The molecule has 3 heteroatoms. The Bertz CT molecular complexity index is 371. The molecule has 1 aliphatic carbocycles. The van der Waals surface area contributed by atoms with E-state index in [0.29, 0.717) is 6.04 Å². The molecule has 0 aromatic carbocycles. The van der Waals surface area contributed by atoms with Crippen LogP contribution < -0.4 is 5.73 Å². The van der Waals surface area contributed by atoms with E-state index in [4.69, 9.17) is 5.73 Å². The van der Waals surface area contributed by atoms with Crippen molar-refractivity contribution in [3.8, 4) is 0 Å². The molecule has 0 radical (unpaired) electrons. The highest BCUT2D eigenvalue weighted by molar-refractivity contribution is 5.18. The molecule has 2 N–H and O–H groups in total. The Balaban J connectivity index is 2.15. The van der Waals surface area contributed by atoms with Crippen molar-refractivity contribution >= 4 is 0 Å². The Hall–Kier alpha value is -0.930. The first-order valence-corrected chi connectivity index (χ1v) is 7.51. The Morgan fingerprint density at radius 1 is 1.26 bits per heavy atom. The summed E-state index contributed by atoms with van der Waals surface area (Å²) in [5, 5.41) is 0. The van der Waals surface area contributed by atoms with E-state index in [9.17, 15) is 0 Å². The van der Waals surface area contributed by atoms with E-state index in [1.807, 2.05) is 12.4 Å². The highest BCUT2D eigenvalue weighted by Gasteiger charge is 2.35. The van der Waals surface area contributed by atoms with Gasteiger partial charge < -0.3 is 5.73 Å². The third-order valence-electron chi connectivity index (χ3n) is 3.88. The summed E-state index contributed by atoms with van der Waals surface area (Å²) in [6.45, 7) is 7.85. The Morgan fingerprint density at radius 2 is 1.89 bits per heavy atom. The molecular formula is C16H27N3. The predicted molar refractivity (Wildman–Crippen MR) is 79.8 cm³/mol. The van der Waals surface area contributed by atoms with Crippen molar-refractivity contribution in [2.75, 3.05) is 6.54 Å². The SMILES string of the molecule is CC(C)CCN(C1CC1)C(c1ccncc1)C(C)N. The van der Waals surface area contributed by atoms with Gasteiger partial charge in [-0.25, -0.2) is 0 Å². The molecule has 1 heterocycles. The molecule has 2 atom stereocenters. The first-order valence-electron chi connectivity index (χ1n) is 7.51. The molecule has 106 valence electrons. The molecule has 3 nitrogen and oxygen atoms in total. The Morgan fingerprint density at radius 3 is 2.37 bits per heavy atom. The van der Waals surface area contributed by atoms with E-state index < -0.39 is 0 Å². The molecule has 1 aromatic heterocycles. The van der Waals surface area contributed by atoms with Gasteiger partial charge in [0.15, 0.2) is 0 Å². The molecule has 2 unspecified atom stereocenters. The Kier molecular flexibility index (Phi) is 4.94. The average Bonchev–Trinajstić information content (AvgIpc) is 3.18. The van der Waals surface area contributed by atoms with Crippen LogP contribution in [0.1, 0.15) is 51.6 Å². The number of hydrogen-bond acceptors (Lipinski definition) is 3. The Labute approximate surface area is 117 Å². The van der Waals surface area contributed by atoms with Gasteiger partial charge in [-0.2, -0.15) is 0 Å². The number of hydrogen-bond donors (Lipinski definition) is 1. The molecule has 1 aliphatic rings. The second kappa shape index (κ2) is 6.49. The molecule has 0 spiro atoms. The second-order valence-electron chi connectivity index (χ2n) is 6.24. The predicted octanol–water partition coefficient (Wildman–Crippen LogP) is 2.98. The number of pyridine rings is 1. The minimum atomic E-state index is 0.148. The van der Waals surface area contributed by atoms with E-state index in [0.717, 1.165) is 18.5 Å². The van der Waals surface area contributed by atoms with Crippen LogP contribution >= 0.6 is 0 Å². The van der Waals surface area contributed by atoms with Crippen LogP contribution in [0.3, 0.4) is 0 Å². The van der Waals surface area contributed by atoms with Crippen LogP contribution in [0.25, 0.3) is 0 Å². The van der Waals surface area contributed by atoms with Crippen LogP contribution in [0.15, 0.2) is 24.5 Å². The second-order valence-corrected chi connectivity index (χ2v) is 6.24. The van der Waals surface area contributed by atoms with E-state index in [1.165, 1.54) is 24.8 Å². The van der Waals surface area contributed by atoms with Gasteiger partial charge in [0.1, 0.15) is 0 Å². The molecule has 0 aliphatic heterocycles. The molecule has 0 bridgehead atoms. The molecule has 1 fully saturated rings. The van der Waals surface area contributed by atoms with Crippen molar-refractivity contribution in [1.82, 2.24) is 9.88 Å². The maximum absolute atomic E-state index is 6.28. The van der Waals surface area contributed by atoms with Crippen molar-refractivity contribution < 1.29 is 0 Å². The minimum absolute atomic E-state index is 0.148. The van der Waals surface area contributed by atoms with Crippen molar-refractivity contribution in [2.24, 2.45) is 11.7 Å². The van der Waals surface area contributed by atoms with Gasteiger partial charge >= 0.3 is 0 Å². The fourth-order valence-corrected chi connectivity index (χ4v) is 2.72. The van der Waals surface area contributed by atoms with Crippen LogP contribution in [0.4, 0.5) is 0 Å². The zero-order valence-corrected chi connectivity index (χ0v) is 12.4. The first kappa shape index (κ1) is 14.5. The van der Waals surface area contributed by atoms with Crippen molar-refractivity contribution in [1.29, 1.82) is 0 Å². The fraction of sp³-hybridized carbons (Fsp3) is 0.688. The van der Waals surface area contributed by atoms with E-state index in [1.54, 1.807) is 0 Å². The van der Waals surface area contributed by atoms with Crippen LogP contribution in [0, 0.1) is 5.92 Å². The van der Waals surface area contributed by atoms with E-state index >= 15 is 0 Å². The lowest BCUT2D eigenvalue weighted by Gasteiger charge is -2.35. The van der Waals surface area contributed by atoms with Crippen molar-refractivity contribution in [3.63, 3.8) is 0 Å². The minimum Gasteiger partial charge on any atom is -0.326 e. The summed E-state index contributed by atoms with van der Waals surface area (Å²) in [4.78, 5) is 6.75. The van der Waals surface area contributed by atoms with Gasteiger partial charge in [-0.3, -0.25) is 9.88 Å². The standard InChI is InChI=1S/C16H27N3/c1-12(2)8-11-19(15-4-5-15)16(13(3)17)14-6-9-18-10-7-14/h6-7,9-10,12-13,15-16H,4-5,8,11,17H2,1-3H3. The van der Waals surface area contributed by atoms with Crippen molar-refractivity contribution in [2.45, 2.75) is 58.2 Å². The summed E-state index contributed by atoms with van der Waals surface area (Å²) in [6.07, 6.45) is 7.64. The van der Waals surface area contributed by atoms with Gasteiger partial charge in [-0.15, -0.1) is 0 Å². The quantitative estimate of drug-likeness (QED) is 0.820. The first-order chi connectivity index (χ1) is 9.09. The summed E-state index contributed by atoms with van der Waals surface area (Å²) >= 11 is 0. The third kappa shape index (κ3) is 4.02. The largest absolute Gasteiger partial charge is 0.326 e. The number of rotatable bonds is 7. The molecule has 0 saturated heterocycles. The lowest BCUT2D eigenvalue weighted by Crippen LogP contribution is -2.41. The molecule has 19 heavy (non-hydrogen) atoms. The lowest BCUT2D eigenvalue weighted by atomic mass is 9.99. The molecule has 1 saturated carbocycles. The summed E-state index contributed by atoms with van der Waals surface area (Å²) in [5.41, 5.74) is 7.59. The lowest BCUT2D eigenvalue weighted by molar-refractivity contribution is 0.157. The number of nitrogens with two attached hydrogens (primary N) is 1. The van der Waals surface area contributed by atoms with Gasteiger partial charge in [0.2, 0.25) is 0 Å². The van der Waals surface area contributed by atoms with E-state index in [-0.39, 0.29) is 6.04 Å². The summed E-state index contributed by atoms with van der Waals surface area (Å²) in [6, 6.07) is 5.43. The third-order valence-corrected chi connectivity index (χ3v) is 3.88. The zero-order valence-electron chi connectivity index (χ0n) is 12.4. The fourth-order valence-electron chi connectivity index (χ4n) is 2.72. The van der Waals surface area contributed by atoms with Gasteiger partial charge in [-0.1, -0.05) is 13.8 Å². The summed E-state index contributed by atoms with van der Waals surface area (Å²) in [7, 11) is 0. The molecule has 0 amide bonds. The van der Waals surface area contributed by atoms with Crippen LogP contribution in [0.5, 0.6) is 0 Å². The summed E-state index contributed by atoms with van der Waals surface area (Å²) in [5.74, 6) is 0.743. The monoisotopic (exact) mass is 261 g/mol. The maximum Gasteiger partial charge on any atom is 0.0500 e. The zero-order chi connectivity index (χ0) is 13.8. The smallest absolute Gasteiger partial charge is 0.0500 e. The van der Waals surface area contributed by atoms with Gasteiger partial charge in [0, 0.05) is 24.5 Å². The normalized spacial score (nSPS) is 18.8. The van der Waals surface area contributed by atoms with Gasteiger partial charge in [0.05, 0.1) is 6.04 Å². The maximum atomic E-state index is 6.28. The topological polar surface area (TPSA) is 42.2 Å². The number of nitrogens with zero attached hydrogens (tertiary/aromatic N) is 2. The highest BCUT2D eigenvalue weighted by Crippen LogP contribution is 2.36. The van der Waals surface area contributed by atoms with Gasteiger partial charge in [-0.05, 0) is 56.3 Å². The number of aromatic nitrogens is 1.